The highest BCUT2D eigenvalue weighted by Crippen LogP contribution is 2.24. The smallest absolute Gasteiger partial charge is 0.292 e. The molecule has 7 heteroatoms. The van der Waals surface area contributed by atoms with Crippen LogP contribution in [-0.2, 0) is 0 Å². The van der Waals surface area contributed by atoms with Gasteiger partial charge in [0.05, 0.1) is 5.56 Å². The molecule has 1 aliphatic rings. The summed E-state index contributed by atoms with van der Waals surface area (Å²) in [5.41, 5.74) is 6.02. The van der Waals surface area contributed by atoms with Crippen molar-refractivity contribution in [2.45, 2.75) is 18.9 Å². The van der Waals surface area contributed by atoms with Gasteiger partial charge in [-0.1, -0.05) is 5.16 Å². The van der Waals surface area contributed by atoms with Crippen LogP contribution in [-0.4, -0.2) is 22.1 Å². The Morgan fingerprint density at radius 1 is 1.47 bits per heavy atom. The largest absolute Gasteiger partial charge is 0.399 e. The summed E-state index contributed by atoms with van der Waals surface area (Å²) in [6, 6.07) is 4.21. The zero-order chi connectivity index (χ0) is 13.4. The second-order valence-corrected chi connectivity index (χ2v) is 4.41. The van der Waals surface area contributed by atoms with Crippen molar-refractivity contribution < 1.29 is 13.7 Å². The van der Waals surface area contributed by atoms with E-state index in [4.69, 9.17) is 10.3 Å². The minimum absolute atomic E-state index is 0.0641. The monoisotopic (exact) mass is 262 g/mol. The van der Waals surface area contributed by atoms with Crippen LogP contribution in [0.2, 0.25) is 0 Å². The molecule has 3 N–H and O–H groups in total. The van der Waals surface area contributed by atoms with Gasteiger partial charge in [-0.15, -0.1) is 0 Å². The van der Waals surface area contributed by atoms with Gasteiger partial charge in [0.2, 0.25) is 0 Å². The number of rotatable bonds is 3. The first kappa shape index (κ1) is 11.6. The second-order valence-electron chi connectivity index (χ2n) is 4.41. The topological polar surface area (TPSA) is 94.0 Å². The molecule has 0 saturated heterocycles. The molecule has 1 fully saturated rings. The van der Waals surface area contributed by atoms with Crippen molar-refractivity contribution in [1.82, 2.24) is 15.5 Å². The Morgan fingerprint density at radius 2 is 2.26 bits per heavy atom. The average Bonchev–Trinajstić information content (AvgIpc) is 3.06. The van der Waals surface area contributed by atoms with E-state index in [0.29, 0.717) is 5.69 Å². The summed E-state index contributed by atoms with van der Waals surface area (Å²) in [7, 11) is 0. The van der Waals surface area contributed by atoms with Gasteiger partial charge < -0.3 is 15.6 Å². The Balaban J connectivity index is 1.87. The first-order valence-electron chi connectivity index (χ1n) is 5.83. The number of benzene rings is 1. The van der Waals surface area contributed by atoms with Crippen molar-refractivity contribution in [2.24, 2.45) is 0 Å². The molecular weight excluding hydrogens is 251 g/mol. The number of nitrogens with zero attached hydrogens (tertiary/aromatic N) is 2. The molecule has 0 bridgehead atoms. The Labute approximate surface area is 107 Å². The van der Waals surface area contributed by atoms with Crippen LogP contribution in [0.1, 0.15) is 23.5 Å². The zero-order valence-corrected chi connectivity index (χ0v) is 9.89. The van der Waals surface area contributed by atoms with Crippen LogP contribution in [0, 0.1) is 5.82 Å². The predicted molar refractivity (Wildman–Crippen MR) is 64.6 cm³/mol. The number of anilines is 1. The molecule has 0 radical (unpaired) electrons. The Morgan fingerprint density at radius 3 is 3.00 bits per heavy atom. The maximum atomic E-state index is 13.6. The van der Waals surface area contributed by atoms with E-state index in [1.165, 1.54) is 18.2 Å². The second kappa shape index (κ2) is 4.34. The molecule has 1 aromatic carbocycles. The summed E-state index contributed by atoms with van der Waals surface area (Å²) in [5.74, 6) is -1.12. The van der Waals surface area contributed by atoms with Gasteiger partial charge in [0, 0.05) is 11.7 Å². The van der Waals surface area contributed by atoms with Gasteiger partial charge in [0.15, 0.2) is 0 Å². The van der Waals surface area contributed by atoms with Crippen molar-refractivity contribution >= 4 is 11.6 Å². The molecule has 19 heavy (non-hydrogen) atoms. The van der Waals surface area contributed by atoms with E-state index in [2.05, 4.69) is 15.5 Å². The van der Waals surface area contributed by atoms with Crippen molar-refractivity contribution in [3.63, 3.8) is 0 Å². The van der Waals surface area contributed by atoms with Crippen LogP contribution >= 0.6 is 0 Å². The Bertz CT molecular complexity index is 636. The number of nitrogen functional groups attached to an aromatic ring is 1. The lowest BCUT2D eigenvalue weighted by Gasteiger charge is -1.98. The van der Waals surface area contributed by atoms with Gasteiger partial charge in [0.1, 0.15) is 5.82 Å². The van der Waals surface area contributed by atoms with Crippen molar-refractivity contribution in [2.75, 3.05) is 5.73 Å². The van der Waals surface area contributed by atoms with E-state index in [-0.39, 0.29) is 23.3 Å². The number of aromatic nitrogens is 2. The lowest BCUT2D eigenvalue weighted by atomic mass is 10.2. The molecule has 1 heterocycles. The fraction of sp³-hybridized carbons (Fsp3) is 0.250. The molecule has 98 valence electrons. The Hall–Kier alpha value is -2.44. The SMILES string of the molecule is Nc1ccc(F)c(-c2nc(C(=O)NC3CC3)no2)c1. The molecule has 1 saturated carbocycles. The highest BCUT2D eigenvalue weighted by atomic mass is 19.1. The number of hydrogen-bond acceptors (Lipinski definition) is 5. The van der Waals surface area contributed by atoms with E-state index in [9.17, 15) is 9.18 Å². The first-order chi connectivity index (χ1) is 9.13. The number of halogens is 1. The maximum absolute atomic E-state index is 13.6. The van der Waals surface area contributed by atoms with Crippen LogP contribution in [0.5, 0.6) is 0 Å². The van der Waals surface area contributed by atoms with Crippen LogP contribution in [0.25, 0.3) is 11.5 Å². The molecular formula is C12H11FN4O2. The molecule has 1 aliphatic carbocycles. The lowest BCUT2D eigenvalue weighted by Crippen LogP contribution is -2.26. The molecule has 0 aliphatic heterocycles. The molecule has 0 spiro atoms. The van der Waals surface area contributed by atoms with Crippen molar-refractivity contribution in [1.29, 1.82) is 0 Å². The number of amides is 1. The van der Waals surface area contributed by atoms with E-state index < -0.39 is 11.7 Å². The average molecular weight is 262 g/mol. The third-order valence-electron chi connectivity index (χ3n) is 2.76. The molecule has 2 aromatic rings. The normalized spacial score (nSPS) is 14.4. The van der Waals surface area contributed by atoms with Crippen LogP contribution in [0.4, 0.5) is 10.1 Å². The van der Waals surface area contributed by atoms with Gasteiger partial charge in [-0.2, -0.15) is 4.98 Å². The molecule has 3 rings (SSSR count). The fourth-order valence-electron chi connectivity index (χ4n) is 1.61. The predicted octanol–water partition coefficient (Wildman–Crippen LogP) is 1.35. The van der Waals surface area contributed by atoms with Gasteiger partial charge in [0.25, 0.3) is 17.6 Å². The number of hydrogen-bond donors (Lipinski definition) is 2. The van der Waals surface area contributed by atoms with Crippen molar-refractivity contribution in [3.8, 4) is 11.5 Å². The summed E-state index contributed by atoms with van der Waals surface area (Å²) in [6.45, 7) is 0. The van der Waals surface area contributed by atoms with E-state index in [1.807, 2.05) is 0 Å². The Kier molecular flexibility index (Phi) is 2.66. The molecule has 1 amide bonds. The minimum atomic E-state index is -0.535. The van der Waals surface area contributed by atoms with Gasteiger partial charge in [-0.05, 0) is 31.0 Å². The zero-order valence-electron chi connectivity index (χ0n) is 9.89. The molecule has 1 aromatic heterocycles. The quantitative estimate of drug-likeness (QED) is 0.814. The van der Waals surface area contributed by atoms with Crippen molar-refractivity contribution in [3.05, 3.63) is 29.8 Å². The number of nitrogens with two attached hydrogens (primary N) is 1. The third-order valence-corrected chi connectivity index (χ3v) is 2.76. The molecule has 6 nitrogen and oxygen atoms in total. The summed E-state index contributed by atoms with van der Waals surface area (Å²) in [5, 5.41) is 6.26. The fourth-order valence-corrected chi connectivity index (χ4v) is 1.61. The van der Waals surface area contributed by atoms with E-state index in [0.717, 1.165) is 12.8 Å². The number of carbonyl (C=O) groups excluding carboxylic acids is 1. The van der Waals surface area contributed by atoms with Gasteiger partial charge in [-0.25, -0.2) is 4.39 Å². The summed E-state index contributed by atoms with van der Waals surface area (Å²) >= 11 is 0. The van der Waals surface area contributed by atoms with Crippen LogP contribution < -0.4 is 11.1 Å². The van der Waals surface area contributed by atoms with Crippen LogP contribution in [0.3, 0.4) is 0 Å². The summed E-state index contributed by atoms with van der Waals surface area (Å²) < 4.78 is 18.5. The molecule has 0 atom stereocenters. The maximum Gasteiger partial charge on any atom is 0.292 e. The molecule has 0 unspecified atom stereocenters. The van der Waals surface area contributed by atoms with Crippen LogP contribution in [0.15, 0.2) is 22.7 Å². The lowest BCUT2D eigenvalue weighted by molar-refractivity contribution is 0.0937. The van der Waals surface area contributed by atoms with E-state index in [1.54, 1.807) is 0 Å². The third kappa shape index (κ3) is 2.40. The summed E-state index contributed by atoms with van der Waals surface area (Å²) in [4.78, 5) is 15.6. The van der Waals surface area contributed by atoms with E-state index >= 15 is 0 Å². The summed E-state index contributed by atoms with van der Waals surface area (Å²) in [6.07, 6.45) is 1.92. The minimum Gasteiger partial charge on any atom is -0.399 e. The standard InChI is InChI=1S/C12H11FN4O2/c13-9-4-1-6(14)5-8(9)12-16-10(17-19-12)11(18)15-7-2-3-7/h1,4-5,7H,2-3,14H2,(H,15,18). The highest BCUT2D eigenvalue weighted by molar-refractivity contribution is 5.91. The number of nitrogens with one attached hydrogen (secondary N) is 1. The highest BCUT2D eigenvalue weighted by Gasteiger charge is 2.26. The van der Waals surface area contributed by atoms with Gasteiger partial charge >= 0.3 is 0 Å². The first-order valence-corrected chi connectivity index (χ1v) is 5.83. The van der Waals surface area contributed by atoms with Gasteiger partial charge in [-0.3, -0.25) is 4.79 Å². The number of carbonyl (C=O) groups is 1.